The second kappa shape index (κ2) is 8.54. The maximum atomic E-state index is 13.7. The van der Waals surface area contributed by atoms with Gasteiger partial charge in [0.1, 0.15) is 5.82 Å². The molecule has 0 aliphatic carbocycles. The lowest BCUT2D eigenvalue weighted by molar-refractivity contribution is 0.0698. The molecule has 0 fully saturated rings. The van der Waals surface area contributed by atoms with Gasteiger partial charge in [0.05, 0.1) is 22.5 Å². The monoisotopic (exact) mass is 472 g/mol. The summed E-state index contributed by atoms with van der Waals surface area (Å²) in [6.07, 6.45) is 0. The second-order valence-corrected chi connectivity index (χ2v) is 9.01. The lowest BCUT2D eigenvalue weighted by Gasteiger charge is -2.23. The first-order valence-electron chi connectivity index (χ1n) is 11.4. The van der Waals surface area contributed by atoms with Crippen LogP contribution in [0.25, 0.3) is 10.9 Å². The number of nitrogens with one attached hydrogen (secondary N) is 1. The molecule has 2 heterocycles. The molecule has 0 saturated heterocycles. The highest BCUT2D eigenvalue weighted by Gasteiger charge is 2.25. The van der Waals surface area contributed by atoms with E-state index in [0.29, 0.717) is 35.6 Å². The molecule has 1 atom stereocenters. The van der Waals surface area contributed by atoms with Crippen molar-refractivity contribution in [1.29, 1.82) is 0 Å². The average Bonchev–Trinajstić information content (AvgIpc) is 3.24. The van der Waals surface area contributed by atoms with Gasteiger partial charge < -0.3 is 15.3 Å². The summed E-state index contributed by atoms with van der Waals surface area (Å²) in [5.74, 6) is -0.804. The van der Waals surface area contributed by atoms with E-state index in [1.165, 1.54) is 16.7 Å². The zero-order valence-electron chi connectivity index (χ0n) is 19.7. The van der Waals surface area contributed by atoms with E-state index in [4.69, 9.17) is 4.98 Å². The van der Waals surface area contributed by atoms with E-state index >= 15 is 0 Å². The highest BCUT2D eigenvalue weighted by Crippen LogP contribution is 2.31. The summed E-state index contributed by atoms with van der Waals surface area (Å²) in [4.78, 5) is 32.0. The van der Waals surface area contributed by atoms with Crippen LogP contribution in [0.3, 0.4) is 0 Å². The van der Waals surface area contributed by atoms with Gasteiger partial charge in [0.15, 0.2) is 0 Å². The van der Waals surface area contributed by atoms with Gasteiger partial charge in [-0.3, -0.25) is 9.36 Å². The molecule has 0 bridgehead atoms. The number of carbonyl (C=O) groups is 1. The molecular weight excluding hydrogens is 447 g/mol. The molecule has 4 aromatic rings. The van der Waals surface area contributed by atoms with Crippen LogP contribution in [0.1, 0.15) is 45.6 Å². The summed E-state index contributed by atoms with van der Waals surface area (Å²) in [7, 11) is 1.69. The number of hydrogen-bond acceptors (Lipinski definition) is 5. The van der Waals surface area contributed by atoms with Crippen molar-refractivity contribution in [2.24, 2.45) is 7.05 Å². The Labute approximate surface area is 201 Å². The Kier molecular flexibility index (Phi) is 5.51. The number of aromatic nitrogens is 2. The number of benzene rings is 3. The molecule has 0 amide bonds. The predicted octanol–water partition coefficient (Wildman–Crippen LogP) is 4.77. The maximum absolute atomic E-state index is 13.7. The molecule has 3 aromatic carbocycles. The van der Waals surface area contributed by atoms with Crippen LogP contribution < -0.4 is 15.8 Å². The third-order valence-corrected chi connectivity index (χ3v) is 6.50. The van der Waals surface area contributed by atoms with Crippen molar-refractivity contribution < 1.29 is 14.3 Å². The number of anilines is 2. The topological polar surface area (TPSA) is 87.5 Å². The molecule has 35 heavy (non-hydrogen) atoms. The SMILES string of the molecule is Cc1cc([C@@H](C)Nc2ccccc2C(=O)O)c2nc(N3Cc4ccc(F)cc4C3)n(C)c(=O)c2c1. The van der Waals surface area contributed by atoms with Crippen molar-refractivity contribution in [3.63, 3.8) is 0 Å². The number of rotatable bonds is 5. The molecule has 8 heteroatoms. The highest BCUT2D eigenvalue weighted by molar-refractivity contribution is 5.94. The van der Waals surface area contributed by atoms with Crippen LogP contribution in [-0.2, 0) is 20.1 Å². The average molecular weight is 473 g/mol. The van der Waals surface area contributed by atoms with E-state index in [9.17, 15) is 19.1 Å². The molecule has 0 radical (unpaired) electrons. The fraction of sp³-hybridized carbons (Fsp3) is 0.222. The zero-order chi connectivity index (χ0) is 24.9. The molecule has 0 saturated carbocycles. The first-order chi connectivity index (χ1) is 16.7. The fourth-order valence-corrected chi connectivity index (χ4v) is 4.77. The van der Waals surface area contributed by atoms with Crippen LogP contribution in [0.5, 0.6) is 0 Å². The van der Waals surface area contributed by atoms with Crippen molar-refractivity contribution in [1.82, 2.24) is 9.55 Å². The molecule has 0 spiro atoms. The normalized spacial score (nSPS) is 13.7. The summed E-state index contributed by atoms with van der Waals surface area (Å²) < 4.78 is 15.3. The Morgan fingerprint density at radius 2 is 1.86 bits per heavy atom. The second-order valence-electron chi connectivity index (χ2n) is 9.01. The van der Waals surface area contributed by atoms with Gasteiger partial charge in [0, 0.05) is 31.4 Å². The molecule has 1 aromatic heterocycles. The minimum absolute atomic E-state index is 0.169. The molecule has 0 unspecified atom stereocenters. The van der Waals surface area contributed by atoms with E-state index in [1.807, 2.05) is 30.9 Å². The highest BCUT2D eigenvalue weighted by atomic mass is 19.1. The molecule has 5 rings (SSSR count). The van der Waals surface area contributed by atoms with Crippen LogP contribution in [0.15, 0.2) is 59.4 Å². The molecule has 2 N–H and O–H groups in total. The van der Waals surface area contributed by atoms with E-state index in [0.717, 1.165) is 22.3 Å². The summed E-state index contributed by atoms with van der Waals surface area (Å²) in [5.41, 5.74) is 4.63. The summed E-state index contributed by atoms with van der Waals surface area (Å²) in [6, 6.07) is 14.9. The van der Waals surface area contributed by atoms with Crippen LogP contribution in [0, 0.1) is 12.7 Å². The van der Waals surface area contributed by atoms with Gasteiger partial charge in [-0.25, -0.2) is 14.2 Å². The summed E-state index contributed by atoms with van der Waals surface area (Å²) in [6.45, 7) is 4.82. The lowest BCUT2D eigenvalue weighted by Crippen LogP contribution is -2.28. The minimum Gasteiger partial charge on any atom is -0.478 e. The first-order valence-corrected chi connectivity index (χ1v) is 11.4. The Morgan fingerprint density at radius 3 is 2.63 bits per heavy atom. The van der Waals surface area contributed by atoms with Crippen molar-refractivity contribution in [3.05, 3.63) is 98.6 Å². The first kappa shape index (κ1) is 22.6. The van der Waals surface area contributed by atoms with Crippen molar-refractivity contribution in [3.8, 4) is 0 Å². The van der Waals surface area contributed by atoms with E-state index < -0.39 is 5.97 Å². The van der Waals surface area contributed by atoms with Crippen molar-refractivity contribution >= 4 is 28.5 Å². The summed E-state index contributed by atoms with van der Waals surface area (Å²) >= 11 is 0. The minimum atomic E-state index is -1.02. The molecule has 7 nitrogen and oxygen atoms in total. The number of carboxylic acid groups (broad SMARTS) is 1. The summed E-state index contributed by atoms with van der Waals surface area (Å²) in [5, 5.41) is 13.3. The number of aromatic carboxylic acids is 1. The third kappa shape index (κ3) is 4.01. The Morgan fingerprint density at radius 1 is 1.11 bits per heavy atom. The van der Waals surface area contributed by atoms with Crippen molar-refractivity contribution in [2.75, 3.05) is 10.2 Å². The van der Waals surface area contributed by atoms with Crippen LogP contribution >= 0.6 is 0 Å². The predicted molar refractivity (Wildman–Crippen MR) is 133 cm³/mol. The fourth-order valence-electron chi connectivity index (χ4n) is 4.77. The maximum Gasteiger partial charge on any atom is 0.337 e. The number of nitrogens with zero attached hydrogens (tertiary/aromatic N) is 3. The van der Waals surface area contributed by atoms with Gasteiger partial charge in [0.25, 0.3) is 5.56 Å². The van der Waals surface area contributed by atoms with Crippen LogP contribution in [-0.4, -0.2) is 20.6 Å². The third-order valence-electron chi connectivity index (χ3n) is 6.50. The Hall–Kier alpha value is -4.20. The van der Waals surface area contributed by atoms with E-state index in [2.05, 4.69) is 5.32 Å². The van der Waals surface area contributed by atoms with Crippen LogP contribution in [0.2, 0.25) is 0 Å². The van der Waals surface area contributed by atoms with Gasteiger partial charge in [-0.15, -0.1) is 0 Å². The quantitative estimate of drug-likeness (QED) is 0.435. The lowest BCUT2D eigenvalue weighted by atomic mass is 10.0. The van der Waals surface area contributed by atoms with Crippen molar-refractivity contribution in [2.45, 2.75) is 33.0 Å². The number of fused-ring (bicyclic) bond motifs is 2. The van der Waals surface area contributed by atoms with Gasteiger partial charge in [0.2, 0.25) is 5.95 Å². The molecule has 178 valence electrons. The van der Waals surface area contributed by atoms with Crippen LogP contribution in [0.4, 0.5) is 16.0 Å². The standard InChI is InChI=1S/C27H25FN4O3/c1-15-10-21(16(2)29-23-7-5-4-6-20(23)26(34)35)24-22(11-15)25(33)31(3)27(30-24)32-13-17-8-9-19(28)12-18(17)14-32/h4-12,16,29H,13-14H2,1-3H3,(H,34,35)/t16-/m1/s1. The number of para-hydroxylation sites is 1. The van der Waals surface area contributed by atoms with E-state index in [-0.39, 0.29) is 23.0 Å². The Bertz CT molecular complexity index is 1550. The Balaban J connectivity index is 1.60. The number of aryl methyl sites for hydroxylation is 1. The molecular formula is C27H25FN4O3. The number of hydrogen-bond donors (Lipinski definition) is 2. The number of carboxylic acids is 1. The smallest absolute Gasteiger partial charge is 0.337 e. The molecule has 1 aliphatic heterocycles. The zero-order valence-corrected chi connectivity index (χ0v) is 19.7. The van der Waals surface area contributed by atoms with Gasteiger partial charge in [-0.2, -0.15) is 0 Å². The molecule has 1 aliphatic rings. The number of halogens is 1. The van der Waals surface area contributed by atoms with Gasteiger partial charge in [-0.1, -0.05) is 24.3 Å². The van der Waals surface area contributed by atoms with Gasteiger partial charge >= 0.3 is 5.97 Å². The van der Waals surface area contributed by atoms with E-state index in [1.54, 1.807) is 37.4 Å². The van der Waals surface area contributed by atoms with Gasteiger partial charge in [-0.05, 0) is 60.9 Å². The largest absolute Gasteiger partial charge is 0.478 e.